The number of nitrogens with two attached hydrogens (primary N) is 1. The van der Waals surface area contributed by atoms with Gasteiger partial charge in [0.1, 0.15) is 16.5 Å². The predicted molar refractivity (Wildman–Crippen MR) is 87.5 cm³/mol. The van der Waals surface area contributed by atoms with Gasteiger partial charge in [-0.1, -0.05) is 38.5 Å². The van der Waals surface area contributed by atoms with E-state index in [2.05, 4.69) is 65.1 Å². The molecule has 0 atom stereocenters. The zero-order valence-electron chi connectivity index (χ0n) is 12.6. The summed E-state index contributed by atoms with van der Waals surface area (Å²) in [5.74, 6) is 7.08. The molecule has 1 aromatic heterocycles. The van der Waals surface area contributed by atoms with Gasteiger partial charge in [-0.15, -0.1) is 0 Å². The molecule has 0 unspecified atom stereocenters. The minimum atomic E-state index is -0.0319. The fourth-order valence-electron chi connectivity index (χ4n) is 1.95. The van der Waals surface area contributed by atoms with Crippen molar-refractivity contribution in [3.05, 3.63) is 40.1 Å². The number of anilines is 1. The van der Waals surface area contributed by atoms with E-state index >= 15 is 0 Å². The van der Waals surface area contributed by atoms with Crippen LogP contribution in [-0.4, -0.2) is 9.97 Å². The lowest BCUT2D eigenvalue weighted by Crippen LogP contribution is -2.13. The lowest BCUT2D eigenvalue weighted by molar-refractivity contribution is 0.436. The number of benzene rings is 1. The second-order valence-electron chi connectivity index (χ2n) is 5.84. The molecular weight excluding hydrogens is 332 g/mol. The van der Waals surface area contributed by atoms with E-state index in [0.29, 0.717) is 16.2 Å². The summed E-state index contributed by atoms with van der Waals surface area (Å²) >= 11 is 3.40. The maximum absolute atomic E-state index is 5.97. The fourth-order valence-corrected chi connectivity index (χ4v) is 2.35. The molecule has 5 nitrogen and oxygen atoms in total. The Labute approximate surface area is 133 Å². The lowest BCUT2D eigenvalue weighted by atomic mass is 9.85. The van der Waals surface area contributed by atoms with E-state index in [0.717, 1.165) is 11.3 Å². The third kappa shape index (κ3) is 3.51. The van der Waals surface area contributed by atoms with Crippen LogP contribution in [0.2, 0.25) is 0 Å². The number of halogens is 1. The molecule has 0 saturated heterocycles. The topological polar surface area (TPSA) is 73.1 Å². The Morgan fingerprint density at radius 2 is 1.95 bits per heavy atom. The molecule has 0 amide bonds. The number of nitrogen functional groups attached to an aromatic ring is 1. The van der Waals surface area contributed by atoms with Gasteiger partial charge in [0.15, 0.2) is 5.82 Å². The smallest absolute Gasteiger partial charge is 0.238 e. The van der Waals surface area contributed by atoms with E-state index < -0.39 is 0 Å². The molecule has 1 aromatic carbocycles. The Balaban J connectivity index is 2.45. The first-order valence-corrected chi connectivity index (χ1v) is 7.38. The van der Waals surface area contributed by atoms with Crippen molar-refractivity contribution >= 4 is 21.7 Å². The van der Waals surface area contributed by atoms with Crippen LogP contribution < -0.4 is 16.0 Å². The van der Waals surface area contributed by atoms with Gasteiger partial charge in [-0.2, -0.15) is 0 Å². The van der Waals surface area contributed by atoms with Crippen molar-refractivity contribution in [2.24, 2.45) is 5.84 Å². The van der Waals surface area contributed by atoms with Crippen molar-refractivity contribution in [3.8, 4) is 11.6 Å². The monoisotopic (exact) mass is 350 g/mol. The van der Waals surface area contributed by atoms with Crippen LogP contribution >= 0.6 is 15.9 Å². The highest BCUT2D eigenvalue weighted by atomic mass is 79.9. The summed E-state index contributed by atoms with van der Waals surface area (Å²) in [5, 5.41) is 0. The quantitative estimate of drug-likeness (QED) is 0.648. The van der Waals surface area contributed by atoms with Crippen LogP contribution in [0.15, 0.2) is 29.0 Å². The molecule has 1 heterocycles. The Kier molecular flexibility index (Phi) is 4.49. The molecule has 0 aliphatic rings. The summed E-state index contributed by atoms with van der Waals surface area (Å²) in [6.07, 6.45) is 1.40. The van der Waals surface area contributed by atoms with Crippen molar-refractivity contribution in [1.29, 1.82) is 0 Å². The number of nitrogens with zero attached hydrogens (tertiary/aromatic N) is 2. The number of ether oxygens (including phenoxy) is 1. The molecule has 3 N–H and O–H groups in total. The molecule has 0 fully saturated rings. The van der Waals surface area contributed by atoms with Crippen LogP contribution in [0.25, 0.3) is 0 Å². The van der Waals surface area contributed by atoms with Gasteiger partial charge < -0.3 is 10.2 Å². The average Bonchev–Trinajstić information content (AvgIpc) is 2.42. The van der Waals surface area contributed by atoms with Gasteiger partial charge in [-0.3, -0.25) is 0 Å². The number of hydrogen-bond donors (Lipinski definition) is 2. The highest BCUT2D eigenvalue weighted by Gasteiger charge is 2.21. The Morgan fingerprint density at radius 1 is 1.24 bits per heavy atom. The van der Waals surface area contributed by atoms with Crippen LogP contribution in [0, 0.1) is 6.92 Å². The minimum absolute atomic E-state index is 0.0319. The second kappa shape index (κ2) is 5.99. The predicted octanol–water partition coefficient (Wildman–Crippen LogP) is 3.92. The zero-order valence-corrected chi connectivity index (χ0v) is 14.2. The Hall–Kier alpha value is -1.66. The van der Waals surface area contributed by atoms with Crippen LogP contribution in [0.3, 0.4) is 0 Å². The van der Waals surface area contributed by atoms with Crippen molar-refractivity contribution in [2.75, 3.05) is 5.43 Å². The van der Waals surface area contributed by atoms with Gasteiger partial charge in [0.2, 0.25) is 5.88 Å². The largest absolute Gasteiger partial charge is 0.437 e. The standard InChI is InChI=1S/C15H19BrN4O/c1-9-5-6-11(10(7-9)15(2,3)4)21-14-12(16)13(20-17)18-8-19-14/h5-8H,17H2,1-4H3,(H,18,19,20). The van der Waals surface area contributed by atoms with Crippen molar-refractivity contribution in [2.45, 2.75) is 33.1 Å². The molecule has 21 heavy (non-hydrogen) atoms. The van der Waals surface area contributed by atoms with Crippen LogP contribution in [0.4, 0.5) is 5.82 Å². The molecule has 0 aliphatic heterocycles. The van der Waals surface area contributed by atoms with E-state index in [1.165, 1.54) is 11.9 Å². The number of nitrogens with one attached hydrogen (secondary N) is 1. The van der Waals surface area contributed by atoms with E-state index in [1.54, 1.807) is 0 Å². The zero-order chi connectivity index (χ0) is 15.6. The van der Waals surface area contributed by atoms with Gasteiger partial charge in [-0.05, 0) is 34.3 Å². The van der Waals surface area contributed by atoms with Gasteiger partial charge in [0, 0.05) is 5.56 Å². The van der Waals surface area contributed by atoms with E-state index in [1.807, 2.05) is 12.1 Å². The maximum atomic E-state index is 5.97. The summed E-state index contributed by atoms with van der Waals surface area (Å²) in [6, 6.07) is 6.11. The van der Waals surface area contributed by atoms with Crippen molar-refractivity contribution < 1.29 is 4.74 Å². The molecule has 2 rings (SSSR count). The summed E-state index contributed by atoms with van der Waals surface area (Å²) in [5.41, 5.74) is 4.78. The van der Waals surface area contributed by atoms with E-state index in [-0.39, 0.29) is 5.41 Å². The first kappa shape index (κ1) is 15.7. The molecule has 0 spiro atoms. The molecular formula is C15H19BrN4O. The van der Waals surface area contributed by atoms with Crippen LogP contribution in [0.5, 0.6) is 11.6 Å². The molecule has 0 bridgehead atoms. The van der Waals surface area contributed by atoms with Gasteiger partial charge in [-0.25, -0.2) is 15.8 Å². The Bertz CT molecular complexity index is 653. The summed E-state index contributed by atoms with van der Waals surface area (Å²) in [7, 11) is 0. The molecule has 2 aromatic rings. The Morgan fingerprint density at radius 3 is 2.57 bits per heavy atom. The third-order valence-corrected chi connectivity index (χ3v) is 3.76. The minimum Gasteiger partial charge on any atom is -0.437 e. The highest BCUT2D eigenvalue weighted by molar-refractivity contribution is 9.10. The molecule has 0 radical (unpaired) electrons. The van der Waals surface area contributed by atoms with Gasteiger partial charge in [0.05, 0.1) is 0 Å². The molecule has 0 aliphatic carbocycles. The number of hydrogen-bond acceptors (Lipinski definition) is 5. The maximum Gasteiger partial charge on any atom is 0.238 e. The summed E-state index contributed by atoms with van der Waals surface area (Å²) < 4.78 is 6.56. The average molecular weight is 351 g/mol. The van der Waals surface area contributed by atoms with Crippen LogP contribution in [-0.2, 0) is 5.41 Å². The van der Waals surface area contributed by atoms with Gasteiger partial charge in [0.25, 0.3) is 0 Å². The number of aromatic nitrogens is 2. The number of rotatable bonds is 3. The second-order valence-corrected chi connectivity index (χ2v) is 6.63. The van der Waals surface area contributed by atoms with Crippen molar-refractivity contribution in [1.82, 2.24) is 9.97 Å². The molecule has 112 valence electrons. The van der Waals surface area contributed by atoms with E-state index in [4.69, 9.17) is 10.6 Å². The molecule has 6 heteroatoms. The normalized spacial score (nSPS) is 11.3. The number of aryl methyl sites for hydroxylation is 1. The van der Waals surface area contributed by atoms with E-state index in [9.17, 15) is 0 Å². The van der Waals surface area contributed by atoms with Crippen LogP contribution in [0.1, 0.15) is 31.9 Å². The lowest BCUT2D eigenvalue weighted by Gasteiger charge is -2.23. The molecule has 0 saturated carbocycles. The fraction of sp³-hybridized carbons (Fsp3) is 0.333. The van der Waals surface area contributed by atoms with Gasteiger partial charge >= 0.3 is 0 Å². The first-order chi connectivity index (χ1) is 9.82. The SMILES string of the molecule is Cc1ccc(Oc2ncnc(NN)c2Br)c(C(C)(C)C)c1. The highest BCUT2D eigenvalue weighted by Crippen LogP contribution is 2.37. The number of hydrazine groups is 1. The first-order valence-electron chi connectivity index (χ1n) is 6.59. The summed E-state index contributed by atoms with van der Waals surface area (Å²) in [6.45, 7) is 8.51. The third-order valence-electron chi connectivity index (χ3n) is 3.04. The summed E-state index contributed by atoms with van der Waals surface area (Å²) in [4.78, 5) is 8.16. The van der Waals surface area contributed by atoms with Crippen molar-refractivity contribution in [3.63, 3.8) is 0 Å².